The van der Waals surface area contributed by atoms with Crippen LogP contribution in [0.3, 0.4) is 0 Å². The summed E-state index contributed by atoms with van der Waals surface area (Å²) in [6.45, 7) is 0.446. The third kappa shape index (κ3) is 3.22. The monoisotopic (exact) mass is 328 g/mol. The first-order valence-electron chi connectivity index (χ1n) is 3.56. The summed E-state index contributed by atoms with van der Waals surface area (Å²) in [4.78, 5) is 0. The van der Waals surface area contributed by atoms with Crippen LogP contribution in [-0.2, 0) is 0 Å². The number of benzene rings is 1. The molecule has 5 heteroatoms. The van der Waals surface area contributed by atoms with Crippen LogP contribution in [0.5, 0.6) is 0 Å². The van der Waals surface area contributed by atoms with Crippen molar-refractivity contribution in [3.63, 3.8) is 0 Å². The van der Waals surface area contributed by atoms with Gasteiger partial charge in [0, 0.05) is 21.5 Å². The van der Waals surface area contributed by atoms with Crippen LogP contribution in [0.25, 0.3) is 0 Å². The third-order valence-corrected chi connectivity index (χ3v) is 3.01. The van der Waals surface area contributed by atoms with Crippen molar-refractivity contribution >= 4 is 44.3 Å². The van der Waals surface area contributed by atoms with Gasteiger partial charge < -0.3 is 11.5 Å². The highest BCUT2D eigenvalue weighted by atomic mass is 79.9. The molecule has 0 spiro atoms. The molecule has 2 nitrogen and oxygen atoms in total. The fraction of sp³-hybridized carbons (Fsp3) is 0.250. The number of nitrogens with two attached hydrogens (primary N) is 2. The largest absolute Gasteiger partial charge is 0.329 e. The van der Waals surface area contributed by atoms with E-state index in [1.807, 2.05) is 18.2 Å². The van der Waals surface area contributed by atoms with Gasteiger partial charge in [-0.25, -0.2) is 0 Å². The van der Waals surface area contributed by atoms with Crippen molar-refractivity contribution in [3.05, 3.63) is 32.7 Å². The van der Waals surface area contributed by atoms with Crippen LogP contribution in [0, 0.1) is 0 Å². The van der Waals surface area contributed by atoms with Gasteiger partial charge in [-0.2, -0.15) is 0 Å². The molecule has 0 aliphatic carbocycles. The fourth-order valence-electron chi connectivity index (χ4n) is 0.983. The van der Waals surface area contributed by atoms with Gasteiger partial charge in [0.25, 0.3) is 0 Å². The molecule has 1 unspecified atom stereocenters. The van der Waals surface area contributed by atoms with Crippen molar-refractivity contribution in [2.75, 3.05) is 6.54 Å². The van der Waals surface area contributed by atoms with E-state index in [-0.39, 0.29) is 18.4 Å². The van der Waals surface area contributed by atoms with Crippen LogP contribution < -0.4 is 11.5 Å². The molecule has 0 bridgehead atoms. The average molecular weight is 330 g/mol. The van der Waals surface area contributed by atoms with Crippen molar-refractivity contribution in [1.82, 2.24) is 0 Å². The molecule has 0 saturated carbocycles. The molecule has 1 atom stereocenters. The zero-order valence-electron chi connectivity index (χ0n) is 6.84. The molecular weight excluding hydrogens is 319 g/mol. The molecular formula is C8H11Br2ClN2. The molecule has 0 amide bonds. The van der Waals surface area contributed by atoms with Crippen LogP contribution >= 0.6 is 44.3 Å². The Labute approximate surface area is 101 Å². The van der Waals surface area contributed by atoms with Crippen molar-refractivity contribution < 1.29 is 0 Å². The number of hydrogen-bond acceptors (Lipinski definition) is 2. The van der Waals surface area contributed by atoms with Gasteiger partial charge in [0.2, 0.25) is 0 Å². The van der Waals surface area contributed by atoms with Crippen molar-refractivity contribution in [2.24, 2.45) is 11.5 Å². The summed E-state index contributed by atoms with van der Waals surface area (Å²) < 4.78 is 1.99. The molecule has 13 heavy (non-hydrogen) atoms. The smallest absolute Gasteiger partial charge is 0.0442 e. The molecule has 0 aromatic heterocycles. The zero-order valence-corrected chi connectivity index (χ0v) is 10.8. The highest BCUT2D eigenvalue weighted by molar-refractivity contribution is 9.11. The Kier molecular flexibility index (Phi) is 6.16. The molecule has 0 aliphatic rings. The Balaban J connectivity index is 0.00000144. The van der Waals surface area contributed by atoms with Crippen LogP contribution in [0.4, 0.5) is 0 Å². The molecule has 0 heterocycles. The van der Waals surface area contributed by atoms with E-state index in [1.165, 1.54) is 0 Å². The summed E-state index contributed by atoms with van der Waals surface area (Å²) in [6, 6.07) is 5.74. The first-order chi connectivity index (χ1) is 5.66. The van der Waals surface area contributed by atoms with Crippen LogP contribution in [-0.4, -0.2) is 6.54 Å². The molecule has 0 aliphatic heterocycles. The molecule has 1 rings (SSSR count). The molecule has 0 radical (unpaired) electrons. The van der Waals surface area contributed by atoms with Gasteiger partial charge in [-0.3, -0.25) is 0 Å². The van der Waals surface area contributed by atoms with E-state index in [0.29, 0.717) is 6.54 Å². The van der Waals surface area contributed by atoms with Gasteiger partial charge in [0.15, 0.2) is 0 Å². The van der Waals surface area contributed by atoms with E-state index in [2.05, 4.69) is 31.9 Å². The van der Waals surface area contributed by atoms with E-state index in [9.17, 15) is 0 Å². The standard InChI is InChI=1S/C8H10Br2N2.ClH/c9-5-2-1-3-6(10)8(5)7(12)4-11;/h1-3,7H,4,11-12H2;1H. The summed E-state index contributed by atoms with van der Waals surface area (Å²) >= 11 is 6.85. The van der Waals surface area contributed by atoms with E-state index in [4.69, 9.17) is 11.5 Å². The summed E-state index contributed by atoms with van der Waals surface area (Å²) in [5.41, 5.74) is 12.3. The lowest BCUT2D eigenvalue weighted by Gasteiger charge is -2.12. The molecule has 74 valence electrons. The maximum Gasteiger partial charge on any atom is 0.0442 e. The predicted octanol–water partition coefficient (Wildman–Crippen LogP) is 2.59. The van der Waals surface area contributed by atoms with Gasteiger partial charge >= 0.3 is 0 Å². The number of halogens is 3. The van der Waals surface area contributed by atoms with Crippen molar-refractivity contribution in [3.8, 4) is 0 Å². The quantitative estimate of drug-likeness (QED) is 0.876. The predicted molar refractivity (Wildman–Crippen MR) is 65.1 cm³/mol. The Morgan fingerprint density at radius 3 is 2.08 bits per heavy atom. The Morgan fingerprint density at radius 2 is 1.69 bits per heavy atom. The van der Waals surface area contributed by atoms with E-state index < -0.39 is 0 Å². The Bertz CT molecular complexity index is 261. The van der Waals surface area contributed by atoms with Crippen molar-refractivity contribution in [2.45, 2.75) is 6.04 Å². The number of rotatable bonds is 2. The zero-order chi connectivity index (χ0) is 9.14. The Hall–Kier alpha value is 0.390. The lowest BCUT2D eigenvalue weighted by molar-refractivity contribution is 0.730. The first-order valence-corrected chi connectivity index (χ1v) is 5.15. The van der Waals surface area contributed by atoms with Crippen LogP contribution in [0.15, 0.2) is 27.1 Å². The highest BCUT2D eigenvalue weighted by Crippen LogP contribution is 2.28. The highest BCUT2D eigenvalue weighted by Gasteiger charge is 2.10. The lowest BCUT2D eigenvalue weighted by Crippen LogP contribution is -2.21. The van der Waals surface area contributed by atoms with Gasteiger partial charge in [0.1, 0.15) is 0 Å². The molecule has 1 aromatic carbocycles. The second kappa shape index (κ2) is 5.98. The van der Waals surface area contributed by atoms with Crippen LogP contribution in [0.1, 0.15) is 11.6 Å². The summed E-state index contributed by atoms with van der Waals surface area (Å²) in [5, 5.41) is 0. The lowest BCUT2D eigenvalue weighted by atomic mass is 10.1. The summed E-state index contributed by atoms with van der Waals surface area (Å²) in [7, 11) is 0. The molecule has 4 N–H and O–H groups in total. The minimum Gasteiger partial charge on any atom is -0.329 e. The van der Waals surface area contributed by atoms with Crippen molar-refractivity contribution in [1.29, 1.82) is 0 Å². The van der Waals surface area contributed by atoms with Gasteiger partial charge in [-0.1, -0.05) is 37.9 Å². The second-order valence-corrected chi connectivity index (χ2v) is 4.19. The molecule has 0 fully saturated rings. The summed E-state index contributed by atoms with van der Waals surface area (Å²) in [5.74, 6) is 0. The first kappa shape index (κ1) is 13.4. The summed E-state index contributed by atoms with van der Waals surface area (Å²) in [6.07, 6.45) is 0. The Morgan fingerprint density at radius 1 is 1.23 bits per heavy atom. The number of hydrogen-bond donors (Lipinski definition) is 2. The topological polar surface area (TPSA) is 52.0 Å². The molecule has 0 saturated heterocycles. The third-order valence-electron chi connectivity index (χ3n) is 1.62. The maximum absolute atomic E-state index is 5.81. The van der Waals surface area contributed by atoms with Gasteiger partial charge in [0.05, 0.1) is 0 Å². The normalized spacial score (nSPS) is 12.0. The van der Waals surface area contributed by atoms with Crippen LogP contribution in [0.2, 0.25) is 0 Å². The SMILES string of the molecule is Cl.NCC(N)c1c(Br)cccc1Br. The minimum absolute atomic E-state index is 0. The second-order valence-electron chi connectivity index (χ2n) is 2.48. The van der Waals surface area contributed by atoms with Gasteiger partial charge in [-0.15, -0.1) is 12.4 Å². The average Bonchev–Trinajstić information content (AvgIpc) is 2.03. The van der Waals surface area contributed by atoms with E-state index >= 15 is 0 Å². The minimum atomic E-state index is -0.116. The van der Waals surface area contributed by atoms with Gasteiger partial charge in [-0.05, 0) is 17.7 Å². The fourth-order valence-corrected chi connectivity index (χ4v) is 2.57. The van der Waals surface area contributed by atoms with E-state index in [1.54, 1.807) is 0 Å². The van der Waals surface area contributed by atoms with E-state index in [0.717, 1.165) is 14.5 Å². The molecule has 1 aromatic rings. The maximum atomic E-state index is 5.81.